The number of aromatic nitrogens is 1. The van der Waals surface area contributed by atoms with Crippen molar-refractivity contribution in [2.24, 2.45) is 0 Å². The minimum atomic E-state index is 0.384. The Kier molecular flexibility index (Phi) is 1.56. The molecular weight excluding hydrogens is 148 g/mol. The van der Waals surface area contributed by atoms with E-state index in [1.54, 1.807) is 0 Å². The van der Waals surface area contributed by atoms with E-state index >= 15 is 0 Å². The van der Waals surface area contributed by atoms with E-state index in [4.69, 9.17) is 5.73 Å². The van der Waals surface area contributed by atoms with Crippen molar-refractivity contribution < 1.29 is 0 Å². The molecule has 12 heavy (non-hydrogen) atoms. The van der Waals surface area contributed by atoms with Crippen LogP contribution in [0.4, 0.5) is 5.82 Å². The largest absolute Gasteiger partial charge is 0.384 e. The second-order valence-corrected chi connectivity index (χ2v) is 3.58. The van der Waals surface area contributed by atoms with Crippen molar-refractivity contribution in [3.63, 3.8) is 0 Å². The summed E-state index contributed by atoms with van der Waals surface area (Å²) in [4.78, 5) is 4.36. The van der Waals surface area contributed by atoms with E-state index in [9.17, 15) is 0 Å². The summed E-state index contributed by atoms with van der Waals surface area (Å²) in [6.07, 6.45) is 3.74. The Labute approximate surface area is 72.8 Å². The van der Waals surface area contributed by atoms with Gasteiger partial charge in [-0.05, 0) is 31.4 Å². The molecule has 1 aliphatic carbocycles. The first kappa shape index (κ1) is 7.59. The van der Waals surface area contributed by atoms with Gasteiger partial charge in [0.05, 0.1) is 0 Å². The van der Waals surface area contributed by atoms with Crippen LogP contribution in [-0.4, -0.2) is 4.98 Å². The molecule has 0 unspecified atom stereocenters. The molecule has 0 aromatic carbocycles. The average molecular weight is 162 g/mol. The van der Waals surface area contributed by atoms with Gasteiger partial charge in [-0.2, -0.15) is 0 Å². The minimum Gasteiger partial charge on any atom is -0.384 e. The van der Waals surface area contributed by atoms with Gasteiger partial charge in [0, 0.05) is 11.1 Å². The topological polar surface area (TPSA) is 38.9 Å². The number of anilines is 1. The summed E-state index contributed by atoms with van der Waals surface area (Å²) in [5.74, 6) is 0.646. The molecule has 1 fully saturated rings. The molecule has 1 aromatic rings. The van der Waals surface area contributed by atoms with Crippen LogP contribution in [0.2, 0.25) is 0 Å². The van der Waals surface area contributed by atoms with Crippen molar-refractivity contribution in [2.75, 3.05) is 5.73 Å². The standard InChI is InChI=1S/C10H14N2/c1-2-10(6-7-10)8-4-3-5-9(11)12-8/h3-5H,2,6-7H2,1H3,(H2,11,12). The highest BCUT2D eigenvalue weighted by molar-refractivity contribution is 5.34. The lowest BCUT2D eigenvalue weighted by Crippen LogP contribution is -2.08. The van der Waals surface area contributed by atoms with Crippen molar-refractivity contribution in [3.05, 3.63) is 23.9 Å². The highest BCUT2D eigenvalue weighted by atomic mass is 14.9. The fourth-order valence-electron chi connectivity index (χ4n) is 1.69. The van der Waals surface area contributed by atoms with Gasteiger partial charge in [-0.1, -0.05) is 13.0 Å². The Bertz CT molecular complexity index is 290. The summed E-state index contributed by atoms with van der Waals surface area (Å²) in [5, 5.41) is 0. The quantitative estimate of drug-likeness (QED) is 0.723. The van der Waals surface area contributed by atoms with Crippen LogP contribution in [-0.2, 0) is 5.41 Å². The second-order valence-electron chi connectivity index (χ2n) is 3.58. The lowest BCUT2D eigenvalue weighted by Gasteiger charge is -2.11. The van der Waals surface area contributed by atoms with Crippen molar-refractivity contribution in [2.45, 2.75) is 31.6 Å². The summed E-state index contributed by atoms with van der Waals surface area (Å²) in [7, 11) is 0. The van der Waals surface area contributed by atoms with E-state index in [2.05, 4.69) is 18.0 Å². The highest BCUT2D eigenvalue weighted by Gasteiger charge is 2.43. The molecule has 64 valence electrons. The van der Waals surface area contributed by atoms with Crippen LogP contribution < -0.4 is 5.73 Å². The SMILES string of the molecule is CCC1(c2cccc(N)n2)CC1. The van der Waals surface area contributed by atoms with E-state index in [0.29, 0.717) is 11.2 Å². The molecule has 1 aromatic heterocycles. The molecule has 2 rings (SSSR count). The summed E-state index contributed by atoms with van der Waals surface area (Å²) in [6.45, 7) is 2.22. The molecule has 0 radical (unpaired) electrons. The van der Waals surface area contributed by atoms with Gasteiger partial charge in [-0.25, -0.2) is 4.98 Å². The molecule has 1 saturated carbocycles. The molecule has 2 N–H and O–H groups in total. The normalized spacial score (nSPS) is 19.1. The lowest BCUT2D eigenvalue weighted by atomic mass is 9.99. The molecule has 0 spiro atoms. The Hall–Kier alpha value is -1.05. The first-order valence-electron chi connectivity index (χ1n) is 4.50. The number of pyridine rings is 1. The van der Waals surface area contributed by atoms with Gasteiger partial charge in [0.25, 0.3) is 0 Å². The van der Waals surface area contributed by atoms with Gasteiger partial charge in [-0.15, -0.1) is 0 Å². The number of hydrogen-bond donors (Lipinski definition) is 1. The van der Waals surface area contributed by atoms with Gasteiger partial charge in [-0.3, -0.25) is 0 Å². The second kappa shape index (κ2) is 2.47. The van der Waals surface area contributed by atoms with E-state index in [1.807, 2.05) is 12.1 Å². The molecule has 0 bridgehead atoms. The van der Waals surface area contributed by atoms with Crippen molar-refractivity contribution in [3.8, 4) is 0 Å². The average Bonchev–Trinajstić information content (AvgIpc) is 2.84. The molecule has 1 aliphatic rings. The Morgan fingerprint density at radius 3 is 2.75 bits per heavy atom. The molecule has 1 heterocycles. The van der Waals surface area contributed by atoms with Crippen molar-refractivity contribution >= 4 is 5.82 Å². The summed E-state index contributed by atoms with van der Waals surface area (Å²) in [5.41, 5.74) is 7.20. The third kappa shape index (κ3) is 1.07. The molecular formula is C10H14N2. The van der Waals surface area contributed by atoms with E-state index in [-0.39, 0.29) is 0 Å². The van der Waals surface area contributed by atoms with Gasteiger partial charge in [0.1, 0.15) is 5.82 Å². The number of nitrogens with zero attached hydrogens (tertiary/aromatic N) is 1. The van der Waals surface area contributed by atoms with Gasteiger partial charge in [0.2, 0.25) is 0 Å². The predicted octanol–water partition coefficient (Wildman–Crippen LogP) is 2.11. The lowest BCUT2D eigenvalue weighted by molar-refractivity contribution is 0.642. The third-order valence-electron chi connectivity index (χ3n) is 2.84. The summed E-state index contributed by atoms with van der Waals surface area (Å²) >= 11 is 0. The van der Waals surface area contributed by atoms with Crippen LogP contribution in [0.1, 0.15) is 31.9 Å². The van der Waals surface area contributed by atoms with Crippen molar-refractivity contribution in [1.29, 1.82) is 0 Å². The molecule has 0 atom stereocenters. The minimum absolute atomic E-state index is 0.384. The molecule has 0 amide bonds. The molecule has 0 aliphatic heterocycles. The fraction of sp³-hybridized carbons (Fsp3) is 0.500. The smallest absolute Gasteiger partial charge is 0.123 e. The van der Waals surface area contributed by atoms with Crippen LogP contribution in [0.3, 0.4) is 0 Å². The number of nitrogen functional groups attached to an aromatic ring is 1. The Balaban J connectivity index is 2.34. The molecule has 0 saturated heterocycles. The fourth-order valence-corrected chi connectivity index (χ4v) is 1.69. The van der Waals surface area contributed by atoms with E-state index in [1.165, 1.54) is 25.0 Å². The van der Waals surface area contributed by atoms with Crippen LogP contribution in [0, 0.1) is 0 Å². The van der Waals surface area contributed by atoms with Gasteiger partial charge < -0.3 is 5.73 Å². The maximum Gasteiger partial charge on any atom is 0.123 e. The summed E-state index contributed by atoms with van der Waals surface area (Å²) < 4.78 is 0. The highest BCUT2D eigenvalue weighted by Crippen LogP contribution is 2.49. The van der Waals surface area contributed by atoms with Gasteiger partial charge >= 0.3 is 0 Å². The zero-order chi connectivity index (χ0) is 8.60. The third-order valence-corrected chi connectivity index (χ3v) is 2.84. The number of hydrogen-bond acceptors (Lipinski definition) is 2. The monoisotopic (exact) mass is 162 g/mol. The molecule has 2 heteroatoms. The summed E-state index contributed by atoms with van der Waals surface area (Å²) in [6, 6.07) is 5.93. The number of nitrogens with two attached hydrogens (primary N) is 1. The Morgan fingerprint density at radius 1 is 1.50 bits per heavy atom. The Morgan fingerprint density at radius 2 is 2.25 bits per heavy atom. The van der Waals surface area contributed by atoms with Crippen LogP contribution in [0.25, 0.3) is 0 Å². The van der Waals surface area contributed by atoms with E-state index in [0.717, 1.165) is 0 Å². The maximum atomic E-state index is 5.63. The van der Waals surface area contributed by atoms with Gasteiger partial charge in [0.15, 0.2) is 0 Å². The van der Waals surface area contributed by atoms with Crippen LogP contribution in [0.5, 0.6) is 0 Å². The first-order chi connectivity index (χ1) is 5.77. The van der Waals surface area contributed by atoms with Crippen molar-refractivity contribution in [1.82, 2.24) is 4.98 Å². The zero-order valence-electron chi connectivity index (χ0n) is 7.38. The first-order valence-corrected chi connectivity index (χ1v) is 4.50. The van der Waals surface area contributed by atoms with Crippen LogP contribution >= 0.6 is 0 Å². The van der Waals surface area contributed by atoms with E-state index < -0.39 is 0 Å². The molecule has 2 nitrogen and oxygen atoms in total. The van der Waals surface area contributed by atoms with Crippen LogP contribution in [0.15, 0.2) is 18.2 Å². The zero-order valence-corrected chi connectivity index (χ0v) is 7.38. The predicted molar refractivity (Wildman–Crippen MR) is 49.9 cm³/mol. The number of rotatable bonds is 2. The maximum absolute atomic E-state index is 5.63.